The summed E-state index contributed by atoms with van der Waals surface area (Å²) in [5.74, 6) is 1.16. The molecule has 0 aliphatic rings. The molecule has 0 amide bonds. The Labute approximate surface area is 95.8 Å². The zero-order valence-corrected chi connectivity index (χ0v) is 10.5. The highest BCUT2D eigenvalue weighted by Crippen LogP contribution is 2.17. The van der Waals surface area contributed by atoms with Crippen LogP contribution in [0.4, 0.5) is 0 Å². The van der Waals surface area contributed by atoms with Crippen molar-refractivity contribution in [2.45, 2.75) is 32.4 Å². The molecule has 1 N–H and O–H groups in total. The lowest BCUT2D eigenvalue weighted by atomic mass is 10.1. The van der Waals surface area contributed by atoms with Gasteiger partial charge in [-0.25, -0.2) is 4.68 Å². The molecule has 0 fully saturated rings. The molecule has 0 aromatic carbocycles. The molecule has 0 aliphatic carbocycles. The van der Waals surface area contributed by atoms with Crippen molar-refractivity contribution in [1.29, 1.82) is 0 Å². The van der Waals surface area contributed by atoms with E-state index in [9.17, 15) is 0 Å². The molecule has 1 heterocycles. The van der Waals surface area contributed by atoms with E-state index < -0.39 is 0 Å². The van der Waals surface area contributed by atoms with Gasteiger partial charge in [-0.2, -0.15) is 11.8 Å². The standard InChI is InChI=1S/C10H20N4S/c1-4-6-14-10(8-12-13-14)9(11-2)5-7-15-3/h8-9,11H,4-7H2,1-3H3. The Hall–Kier alpha value is -0.550. The number of nitrogens with one attached hydrogen (secondary N) is 1. The van der Waals surface area contributed by atoms with Crippen LogP contribution in [0.1, 0.15) is 31.5 Å². The highest BCUT2D eigenvalue weighted by atomic mass is 32.2. The largest absolute Gasteiger partial charge is 0.312 e. The predicted molar refractivity (Wildman–Crippen MR) is 65.1 cm³/mol. The number of hydrogen-bond acceptors (Lipinski definition) is 4. The summed E-state index contributed by atoms with van der Waals surface area (Å²) in [6.45, 7) is 3.11. The van der Waals surface area contributed by atoms with Crippen LogP contribution in [0.2, 0.25) is 0 Å². The third-order valence-corrected chi connectivity index (χ3v) is 3.04. The lowest BCUT2D eigenvalue weighted by Crippen LogP contribution is -2.21. The van der Waals surface area contributed by atoms with Gasteiger partial charge >= 0.3 is 0 Å². The van der Waals surface area contributed by atoms with Gasteiger partial charge in [0.2, 0.25) is 0 Å². The first-order chi connectivity index (χ1) is 7.33. The fraction of sp³-hybridized carbons (Fsp3) is 0.800. The minimum atomic E-state index is 0.374. The minimum absolute atomic E-state index is 0.374. The first kappa shape index (κ1) is 12.5. The van der Waals surface area contributed by atoms with Crippen molar-refractivity contribution >= 4 is 11.8 Å². The van der Waals surface area contributed by atoms with E-state index in [0.717, 1.165) is 25.1 Å². The molecule has 1 rings (SSSR count). The summed E-state index contributed by atoms with van der Waals surface area (Å²) in [4.78, 5) is 0. The molecule has 0 saturated carbocycles. The number of rotatable bonds is 7. The quantitative estimate of drug-likeness (QED) is 0.771. The summed E-state index contributed by atoms with van der Waals surface area (Å²) in [6, 6.07) is 0.374. The van der Waals surface area contributed by atoms with Crippen molar-refractivity contribution in [3.05, 3.63) is 11.9 Å². The van der Waals surface area contributed by atoms with E-state index >= 15 is 0 Å². The van der Waals surface area contributed by atoms with Crippen molar-refractivity contribution < 1.29 is 0 Å². The van der Waals surface area contributed by atoms with Gasteiger partial charge in [-0.3, -0.25) is 0 Å². The second-order valence-corrected chi connectivity index (χ2v) is 4.49. The van der Waals surface area contributed by atoms with Crippen molar-refractivity contribution in [2.24, 2.45) is 0 Å². The Morgan fingerprint density at radius 3 is 3.00 bits per heavy atom. The van der Waals surface area contributed by atoms with Crippen LogP contribution in [0.5, 0.6) is 0 Å². The van der Waals surface area contributed by atoms with Gasteiger partial charge in [-0.15, -0.1) is 5.10 Å². The minimum Gasteiger partial charge on any atom is -0.312 e. The average Bonchev–Trinajstić information content (AvgIpc) is 2.68. The van der Waals surface area contributed by atoms with Gasteiger partial charge in [0.05, 0.1) is 17.9 Å². The van der Waals surface area contributed by atoms with Crippen LogP contribution in [-0.2, 0) is 6.54 Å². The zero-order chi connectivity index (χ0) is 11.1. The molecule has 15 heavy (non-hydrogen) atoms. The van der Waals surface area contributed by atoms with Gasteiger partial charge in [0.25, 0.3) is 0 Å². The van der Waals surface area contributed by atoms with Gasteiger partial charge < -0.3 is 5.32 Å². The lowest BCUT2D eigenvalue weighted by molar-refractivity contribution is 0.486. The topological polar surface area (TPSA) is 42.7 Å². The van der Waals surface area contributed by atoms with Crippen molar-refractivity contribution in [3.8, 4) is 0 Å². The van der Waals surface area contributed by atoms with E-state index in [-0.39, 0.29) is 0 Å². The SMILES string of the molecule is CCCn1nncc1C(CCSC)NC. The van der Waals surface area contributed by atoms with Crippen molar-refractivity contribution in [3.63, 3.8) is 0 Å². The van der Waals surface area contributed by atoms with Gasteiger partial charge in [0, 0.05) is 6.54 Å². The molecule has 0 spiro atoms. The Balaban J connectivity index is 2.67. The molecule has 86 valence electrons. The Kier molecular flexibility index (Phi) is 5.71. The van der Waals surface area contributed by atoms with Gasteiger partial charge in [-0.05, 0) is 31.9 Å². The molecule has 1 aromatic heterocycles. The van der Waals surface area contributed by atoms with Crippen molar-refractivity contribution in [2.75, 3.05) is 19.1 Å². The summed E-state index contributed by atoms with van der Waals surface area (Å²) in [7, 11) is 1.99. The molecule has 4 nitrogen and oxygen atoms in total. The van der Waals surface area contributed by atoms with Crippen molar-refractivity contribution in [1.82, 2.24) is 20.3 Å². The third-order valence-electron chi connectivity index (χ3n) is 2.40. The van der Waals surface area contributed by atoms with Gasteiger partial charge in [0.15, 0.2) is 0 Å². The fourth-order valence-electron chi connectivity index (χ4n) is 1.60. The molecule has 1 atom stereocenters. The number of thioether (sulfide) groups is 1. The van der Waals surface area contributed by atoms with E-state index in [1.54, 1.807) is 0 Å². The maximum absolute atomic E-state index is 4.10. The molecule has 0 saturated heterocycles. The lowest BCUT2D eigenvalue weighted by Gasteiger charge is -2.16. The Bertz CT molecular complexity index is 274. The van der Waals surface area contributed by atoms with Crippen LogP contribution in [0, 0.1) is 0 Å². The predicted octanol–water partition coefficient (Wildman–Crippen LogP) is 1.70. The molecule has 1 aromatic rings. The van der Waals surface area contributed by atoms with E-state index in [1.165, 1.54) is 5.69 Å². The van der Waals surface area contributed by atoms with Crippen LogP contribution in [0.25, 0.3) is 0 Å². The molecule has 0 radical (unpaired) electrons. The summed E-state index contributed by atoms with van der Waals surface area (Å²) in [5, 5.41) is 11.4. The first-order valence-electron chi connectivity index (χ1n) is 5.38. The van der Waals surface area contributed by atoms with E-state index in [1.807, 2.05) is 29.7 Å². The van der Waals surface area contributed by atoms with Crippen LogP contribution >= 0.6 is 11.8 Å². The molecule has 0 bridgehead atoms. The highest BCUT2D eigenvalue weighted by molar-refractivity contribution is 7.98. The van der Waals surface area contributed by atoms with Crippen LogP contribution in [0.3, 0.4) is 0 Å². The van der Waals surface area contributed by atoms with Crippen LogP contribution < -0.4 is 5.32 Å². The first-order valence-corrected chi connectivity index (χ1v) is 6.77. The number of nitrogens with zero attached hydrogens (tertiary/aromatic N) is 3. The Morgan fingerprint density at radius 1 is 1.60 bits per heavy atom. The summed E-state index contributed by atoms with van der Waals surface area (Å²) in [6.07, 6.45) is 6.22. The highest BCUT2D eigenvalue weighted by Gasteiger charge is 2.14. The molecule has 1 unspecified atom stereocenters. The normalized spacial score (nSPS) is 13.0. The van der Waals surface area contributed by atoms with E-state index in [4.69, 9.17) is 0 Å². The maximum atomic E-state index is 4.10. The van der Waals surface area contributed by atoms with E-state index in [0.29, 0.717) is 6.04 Å². The fourth-order valence-corrected chi connectivity index (χ4v) is 2.07. The number of aryl methyl sites for hydroxylation is 1. The smallest absolute Gasteiger partial charge is 0.0756 e. The van der Waals surface area contributed by atoms with Gasteiger partial charge in [0.1, 0.15) is 0 Å². The summed E-state index contributed by atoms with van der Waals surface area (Å²) >= 11 is 1.87. The molecule has 5 heteroatoms. The molecular weight excluding hydrogens is 208 g/mol. The third kappa shape index (κ3) is 3.50. The molecular formula is C10H20N4S. The van der Waals surface area contributed by atoms with Crippen LogP contribution in [-0.4, -0.2) is 34.1 Å². The maximum Gasteiger partial charge on any atom is 0.0756 e. The van der Waals surface area contributed by atoms with Gasteiger partial charge in [-0.1, -0.05) is 12.1 Å². The number of aromatic nitrogens is 3. The second kappa shape index (κ2) is 6.85. The van der Waals surface area contributed by atoms with E-state index in [2.05, 4.69) is 28.8 Å². The second-order valence-electron chi connectivity index (χ2n) is 3.50. The van der Waals surface area contributed by atoms with Crippen LogP contribution in [0.15, 0.2) is 6.20 Å². The Morgan fingerprint density at radius 2 is 2.40 bits per heavy atom. The molecule has 0 aliphatic heterocycles. The monoisotopic (exact) mass is 228 g/mol. The summed E-state index contributed by atoms with van der Waals surface area (Å²) < 4.78 is 2.00. The summed E-state index contributed by atoms with van der Waals surface area (Å²) in [5.41, 5.74) is 1.20. The zero-order valence-electron chi connectivity index (χ0n) is 9.73. The number of hydrogen-bond donors (Lipinski definition) is 1. The average molecular weight is 228 g/mol.